The van der Waals surface area contributed by atoms with Crippen molar-refractivity contribution in [2.24, 2.45) is 0 Å². The van der Waals surface area contributed by atoms with Crippen LogP contribution in [-0.2, 0) is 0 Å². The number of halogens is 1. The van der Waals surface area contributed by atoms with E-state index in [0.717, 1.165) is 22.5 Å². The maximum absolute atomic E-state index is 12.3. The van der Waals surface area contributed by atoms with Crippen LogP contribution >= 0.6 is 11.6 Å². The number of anilines is 2. The van der Waals surface area contributed by atoms with E-state index in [9.17, 15) is 4.79 Å². The Morgan fingerprint density at radius 1 is 1.04 bits per heavy atom. The number of aromatic nitrogens is 2. The van der Waals surface area contributed by atoms with Crippen LogP contribution in [-0.4, -0.2) is 15.4 Å². The molecule has 0 fully saturated rings. The summed E-state index contributed by atoms with van der Waals surface area (Å²) in [5, 5.41) is 6.27. The van der Waals surface area contributed by atoms with Crippen molar-refractivity contribution < 1.29 is 4.79 Å². The molecule has 0 aliphatic carbocycles. The van der Waals surface area contributed by atoms with Gasteiger partial charge in [0.1, 0.15) is 5.65 Å². The molecule has 2 aromatic heterocycles. The number of imidazole rings is 1. The zero-order valence-corrected chi connectivity index (χ0v) is 16.3. The third kappa shape index (κ3) is 3.70. The van der Waals surface area contributed by atoms with Crippen molar-refractivity contribution in [3.05, 3.63) is 83.1 Å². The van der Waals surface area contributed by atoms with Gasteiger partial charge in [-0.15, -0.1) is 0 Å². The van der Waals surface area contributed by atoms with Gasteiger partial charge in [-0.2, -0.15) is 0 Å². The minimum Gasteiger partial charge on any atom is -0.308 e. The topological polar surface area (TPSA) is 58.4 Å². The normalized spacial score (nSPS) is 10.8. The molecule has 0 aliphatic rings. The van der Waals surface area contributed by atoms with Crippen LogP contribution in [0.1, 0.15) is 11.1 Å². The van der Waals surface area contributed by atoms with E-state index in [1.54, 1.807) is 12.1 Å². The van der Waals surface area contributed by atoms with E-state index in [1.807, 2.05) is 73.1 Å². The monoisotopic (exact) mass is 390 g/mol. The maximum atomic E-state index is 12.3. The quantitative estimate of drug-likeness (QED) is 0.456. The average Bonchev–Trinajstić information content (AvgIpc) is 3.09. The highest BCUT2D eigenvalue weighted by Crippen LogP contribution is 2.24. The van der Waals surface area contributed by atoms with Crippen LogP contribution in [0.3, 0.4) is 0 Å². The fourth-order valence-corrected chi connectivity index (χ4v) is 3.15. The lowest BCUT2D eigenvalue weighted by atomic mass is 10.1. The number of nitrogens with zero attached hydrogens (tertiary/aromatic N) is 2. The van der Waals surface area contributed by atoms with Crippen molar-refractivity contribution in [3.63, 3.8) is 0 Å². The van der Waals surface area contributed by atoms with Crippen LogP contribution in [0.25, 0.3) is 16.9 Å². The summed E-state index contributed by atoms with van der Waals surface area (Å²) in [6, 6.07) is 16.8. The average molecular weight is 391 g/mol. The molecular formula is C22H19ClN4O. The number of benzene rings is 2. The van der Waals surface area contributed by atoms with E-state index in [-0.39, 0.29) is 6.03 Å². The summed E-state index contributed by atoms with van der Waals surface area (Å²) < 4.78 is 2.00. The van der Waals surface area contributed by atoms with E-state index in [2.05, 4.69) is 15.6 Å². The van der Waals surface area contributed by atoms with Gasteiger partial charge in [0.2, 0.25) is 0 Å². The lowest BCUT2D eigenvalue weighted by Gasteiger charge is -2.11. The fourth-order valence-electron chi connectivity index (χ4n) is 2.97. The maximum Gasteiger partial charge on any atom is 0.323 e. The first-order valence-corrected chi connectivity index (χ1v) is 9.26. The molecule has 2 aromatic carbocycles. The molecule has 4 rings (SSSR count). The second-order valence-corrected chi connectivity index (χ2v) is 7.07. The minimum atomic E-state index is -0.318. The SMILES string of the molecule is Cc1ccn2cc(-c3ccc(NC(=O)Nc4cccc(Cl)c4C)cc3)nc2c1. The number of fused-ring (bicyclic) bond motifs is 1. The van der Waals surface area contributed by atoms with Crippen molar-refractivity contribution in [1.82, 2.24) is 9.38 Å². The van der Waals surface area contributed by atoms with Gasteiger partial charge in [0.25, 0.3) is 0 Å². The minimum absolute atomic E-state index is 0.318. The molecule has 2 heterocycles. The van der Waals surface area contributed by atoms with E-state index in [4.69, 9.17) is 11.6 Å². The number of urea groups is 1. The van der Waals surface area contributed by atoms with Crippen molar-refractivity contribution in [2.75, 3.05) is 10.6 Å². The van der Waals surface area contributed by atoms with E-state index < -0.39 is 0 Å². The summed E-state index contributed by atoms with van der Waals surface area (Å²) >= 11 is 6.09. The molecule has 0 spiro atoms. The molecule has 0 bridgehead atoms. The number of rotatable bonds is 3. The van der Waals surface area contributed by atoms with E-state index in [0.29, 0.717) is 16.4 Å². The van der Waals surface area contributed by atoms with Crippen molar-refractivity contribution >= 4 is 34.7 Å². The molecule has 2 amide bonds. The Morgan fingerprint density at radius 3 is 2.61 bits per heavy atom. The Balaban J connectivity index is 1.48. The molecule has 0 atom stereocenters. The van der Waals surface area contributed by atoms with Crippen LogP contribution in [0, 0.1) is 13.8 Å². The summed E-state index contributed by atoms with van der Waals surface area (Å²) in [7, 11) is 0. The van der Waals surface area contributed by atoms with Crippen LogP contribution in [0.5, 0.6) is 0 Å². The van der Waals surface area contributed by atoms with Crippen molar-refractivity contribution in [2.45, 2.75) is 13.8 Å². The third-order valence-corrected chi connectivity index (χ3v) is 4.98. The van der Waals surface area contributed by atoms with Gasteiger partial charge in [0.15, 0.2) is 0 Å². The predicted molar refractivity (Wildman–Crippen MR) is 114 cm³/mol. The highest BCUT2D eigenvalue weighted by atomic mass is 35.5. The summed E-state index contributed by atoms with van der Waals surface area (Å²) in [5.41, 5.74) is 6.16. The van der Waals surface area contributed by atoms with Crippen LogP contribution < -0.4 is 10.6 Å². The molecule has 2 N–H and O–H groups in total. The third-order valence-electron chi connectivity index (χ3n) is 4.57. The zero-order valence-electron chi connectivity index (χ0n) is 15.5. The number of hydrogen-bond acceptors (Lipinski definition) is 2. The van der Waals surface area contributed by atoms with E-state index in [1.165, 1.54) is 5.56 Å². The molecule has 4 aromatic rings. The predicted octanol–water partition coefficient (Wildman–Crippen LogP) is 5.92. The Labute approximate surface area is 168 Å². The highest BCUT2D eigenvalue weighted by Gasteiger charge is 2.08. The lowest BCUT2D eigenvalue weighted by molar-refractivity contribution is 0.262. The van der Waals surface area contributed by atoms with Crippen LogP contribution in [0.4, 0.5) is 16.2 Å². The molecular weight excluding hydrogens is 372 g/mol. The Morgan fingerprint density at radius 2 is 1.82 bits per heavy atom. The standard InChI is InChI=1S/C22H19ClN4O/c1-14-10-11-27-13-20(25-21(27)12-14)16-6-8-17(9-7-16)24-22(28)26-19-5-3-4-18(23)15(19)2/h3-13H,1-2H3,(H2,24,26,28). The van der Waals surface area contributed by atoms with Crippen LogP contribution in [0.15, 0.2) is 67.0 Å². The van der Waals surface area contributed by atoms with Crippen LogP contribution in [0.2, 0.25) is 5.02 Å². The number of amides is 2. The number of carbonyl (C=O) groups is 1. The van der Waals surface area contributed by atoms with Crippen molar-refractivity contribution in [1.29, 1.82) is 0 Å². The number of hydrogen-bond donors (Lipinski definition) is 2. The molecule has 140 valence electrons. The Kier molecular flexibility index (Phi) is 4.75. The molecule has 28 heavy (non-hydrogen) atoms. The largest absolute Gasteiger partial charge is 0.323 e. The van der Waals surface area contributed by atoms with Gasteiger partial charge in [-0.25, -0.2) is 9.78 Å². The lowest BCUT2D eigenvalue weighted by Crippen LogP contribution is -2.19. The fraction of sp³-hybridized carbons (Fsp3) is 0.0909. The van der Waals surface area contributed by atoms with Gasteiger partial charge in [0, 0.05) is 34.4 Å². The first-order valence-electron chi connectivity index (χ1n) is 8.88. The summed E-state index contributed by atoms with van der Waals surface area (Å²) in [5.74, 6) is 0. The first kappa shape index (κ1) is 18.1. The number of nitrogens with one attached hydrogen (secondary N) is 2. The van der Waals surface area contributed by atoms with Gasteiger partial charge in [0.05, 0.1) is 5.69 Å². The molecule has 5 nitrogen and oxygen atoms in total. The van der Waals surface area contributed by atoms with Gasteiger partial charge >= 0.3 is 6.03 Å². The second-order valence-electron chi connectivity index (χ2n) is 6.66. The number of pyridine rings is 1. The molecule has 0 saturated carbocycles. The molecule has 0 unspecified atom stereocenters. The highest BCUT2D eigenvalue weighted by molar-refractivity contribution is 6.31. The van der Waals surface area contributed by atoms with Gasteiger partial charge < -0.3 is 15.0 Å². The Bertz CT molecular complexity index is 1170. The zero-order chi connectivity index (χ0) is 19.7. The van der Waals surface area contributed by atoms with Gasteiger partial charge in [-0.05, 0) is 61.4 Å². The smallest absolute Gasteiger partial charge is 0.308 e. The summed E-state index contributed by atoms with van der Waals surface area (Å²) in [4.78, 5) is 16.9. The molecule has 0 radical (unpaired) electrons. The number of aryl methyl sites for hydroxylation is 1. The summed E-state index contributed by atoms with van der Waals surface area (Å²) in [6.45, 7) is 3.91. The van der Waals surface area contributed by atoms with Gasteiger partial charge in [-0.3, -0.25) is 0 Å². The van der Waals surface area contributed by atoms with Gasteiger partial charge in [-0.1, -0.05) is 29.8 Å². The first-order chi connectivity index (χ1) is 13.5. The summed E-state index contributed by atoms with van der Waals surface area (Å²) in [6.07, 6.45) is 3.99. The Hall–Kier alpha value is -3.31. The van der Waals surface area contributed by atoms with E-state index >= 15 is 0 Å². The molecule has 6 heteroatoms. The second kappa shape index (κ2) is 7.37. The molecule has 0 aliphatic heterocycles. The number of carbonyl (C=O) groups excluding carboxylic acids is 1. The molecule has 0 saturated heterocycles. The van der Waals surface area contributed by atoms with Crippen molar-refractivity contribution in [3.8, 4) is 11.3 Å².